The molecule has 4 nitrogen and oxygen atoms in total. The first-order valence-corrected chi connectivity index (χ1v) is 5.54. The molecule has 0 unspecified atom stereocenters. The number of hydrogen-bond donors (Lipinski definition) is 0. The fraction of sp³-hybridized carbons (Fsp3) is 0. The summed E-state index contributed by atoms with van der Waals surface area (Å²) >= 11 is 0. The van der Waals surface area contributed by atoms with Gasteiger partial charge in [-0.05, 0) is 34.6 Å². The highest BCUT2D eigenvalue weighted by atomic mass is 16.7. The minimum absolute atomic E-state index is 0.357. The molecule has 4 heteroatoms. The molecule has 18 heavy (non-hydrogen) atoms. The fourth-order valence-electron chi connectivity index (χ4n) is 1.57. The SMILES string of the molecule is c1ccc(C2=NOC(c3ccccc3)=NO2)cc1. The predicted octanol–water partition coefficient (Wildman–Crippen LogP) is 2.76. The number of hydrogen-bond acceptors (Lipinski definition) is 4. The summed E-state index contributed by atoms with van der Waals surface area (Å²) in [5.41, 5.74) is 1.65. The Morgan fingerprint density at radius 2 is 0.944 bits per heavy atom. The average Bonchev–Trinajstić information content (AvgIpc) is 2.49. The first kappa shape index (κ1) is 10.5. The fourth-order valence-corrected chi connectivity index (χ4v) is 1.57. The van der Waals surface area contributed by atoms with Gasteiger partial charge in [0.15, 0.2) is 0 Å². The van der Waals surface area contributed by atoms with Crippen molar-refractivity contribution in [2.24, 2.45) is 10.3 Å². The number of oxime groups is 2. The first-order chi connectivity index (χ1) is 8.93. The lowest BCUT2D eigenvalue weighted by Crippen LogP contribution is -2.15. The molecule has 0 atom stereocenters. The van der Waals surface area contributed by atoms with Crippen LogP contribution in [0.5, 0.6) is 0 Å². The van der Waals surface area contributed by atoms with Crippen LogP contribution in [0.3, 0.4) is 0 Å². The zero-order valence-electron chi connectivity index (χ0n) is 9.48. The van der Waals surface area contributed by atoms with Gasteiger partial charge in [0.05, 0.1) is 0 Å². The highest BCUT2D eigenvalue weighted by Gasteiger charge is 2.15. The molecule has 1 aliphatic heterocycles. The average molecular weight is 238 g/mol. The van der Waals surface area contributed by atoms with Crippen LogP contribution in [0.1, 0.15) is 11.1 Å². The van der Waals surface area contributed by atoms with E-state index in [2.05, 4.69) is 10.3 Å². The maximum atomic E-state index is 5.24. The topological polar surface area (TPSA) is 43.2 Å². The van der Waals surface area contributed by atoms with E-state index in [0.717, 1.165) is 11.1 Å². The molecule has 2 aromatic carbocycles. The number of rotatable bonds is 2. The molecule has 0 aromatic heterocycles. The van der Waals surface area contributed by atoms with Gasteiger partial charge in [-0.3, -0.25) is 0 Å². The third-order valence-electron chi connectivity index (χ3n) is 2.47. The molecule has 0 aliphatic carbocycles. The van der Waals surface area contributed by atoms with Gasteiger partial charge in [0.2, 0.25) is 0 Å². The van der Waals surface area contributed by atoms with Gasteiger partial charge < -0.3 is 9.68 Å². The van der Waals surface area contributed by atoms with Crippen molar-refractivity contribution in [1.82, 2.24) is 0 Å². The maximum absolute atomic E-state index is 5.24. The van der Waals surface area contributed by atoms with E-state index < -0.39 is 0 Å². The van der Waals surface area contributed by atoms with E-state index >= 15 is 0 Å². The van der Waals surface area contributed by atoms with Crippen LogP contribution in [0.2, 0.25) is 0 Å². The van der Waals surface area contributed by atoms with Crippen LogP contribution in [-0.4, -0.2) is 11.8 Å². The molecular weight excluding hydrogens is 228 g/mol. The monoisotopic (exact) mass is 238 g/mol. The van der Waals surface area contributed by atoms with Gasteiger partial charge in [-0.25, -0.2) is 0 Å². The van der Waals surface area contributed by atoms with E-state index in [4.69, 9.17) is 9.68 Å². The van der Waals surface area contributed by atoms with Crippen LogP contribution in [0, 0.1) is 0 Å². The van der Waals surface area contributed by atoms with Crippen molar-refractivity contribution >= 4 is 11.8 Å². The van der Waals surface area contributed by atoms with Crippen molar-refractivity contribution in [3.05, 3.63) is 71.8 Å². The second-order valence-corrected chi connectivity index (χ2v) is 3.71. The third-order valence-corrected chi connectivity index (χ3v) is 2.47. The molecule has 3 rings (SSSR count). The van der Waals surface area contributed by atoms with Crippen LogP contribution in [-0.2, 0) is 9.68 Å². The standard InChI is InChI=1S/C14H10N2O2/c1-3-7-11(8-4-1)13-15-18-14(16-17-13)12-9-5-2-6-10-12/h1-10H. The molecule has 0 N–H and O–H groups in total. The van der Waals surface area contributed by atoms with Crippen molar-refractivity contribution in [3.8, 4) is 0 Å². The van der Waals surface area contributed by atoms with Crippen molar-refractivity contribution < 1.29 is 9.68 Å². The molecule has 0 saturated heterocycles. The molecule has 0 amide bonds. The van der Waals surface area contributed by atoms with E-state index in [0.29, 0.717) is 11.8 Å². The lowest BCUT2D eigenvalue weighted by Gasteiger charge is -2.10. The zero-order chi connectivity index (χ0) is 12.2. The molecule has 1 heterocycles. The number of benzene rings is 2. The molecule has 0 bridgehead atoms. The van der Waals surface area contributed by atoms with Gasteiger partial charge in [-0.1, -0.05) is 36.4 Å². The Hall–Kier alpha value is -2.62. The Kier molecular flexibility index (Phi) is 2.75. The van der Waals surface area contributed by atoms with Crippen molar-refractivity contribution in [2.75, 3.05) is 0 Å². The van der Waals surface area contributed by atoms with Gasteiger partial charge >= 0.3 is 0 Å². The molecule has 0 radical (unpaired) electrons. The molecule has 0 spiro atoms. The Labute approximate surface area is 104 Å². The van der Waals surface area contributed by atoms with Crippen molar-refractivity contribution in [2.45, 2.75) is 0 Å². The molecule has 88 valence electrons. The molecule has 0 fully saturated rings. The molecule has 0 saturated carbocycles. The van der Waals surface area contributed by atoms with Gasteiger partial charge in [-0.15, -0.1) is 0 Å². The Morgan fingerprint density at radius 1 is 0.556 bits per heavy atom. The summed E-state index contributed by atoms with van der Waals surface area (Å²) in [6.45, 7) is 0. The number of nitrogens with zero attached hydrogens (tertiary/aromatic N) is 2. The summed E-state index contributed by atoms with van der Waals surface area (Å²) in [4.78, 5) is 10.5. The quantitative estimate of drug-likeness (QED) is 0.807. The Balaban J connectivity index is 1.79. The van der Waals surface area contributed by atoms with Crippen molar-refractivity contribution in [1.29, 1.82) is 0 Å². The largest absolute Gasteiger partial charge is 0.329 e. The second-order valence-electron chi connectivity index (χ2n) is 3.71. The Morgan fingerprint density at radius 3 is 1.28 bits per heavy atom. The van der Waals surface area contributed by atoms with Crippen molar-refractivity contribution in [3.63, 3.8) is 0 Å². The first-order valence-electron chi connectivity index (χ1n) is 5.54. The van der Waals surface area contributed by atoms with Crippen LogP contribution in [0.15, 0.2) is 71.0 Å². The van der Waals surface area contributed by atoms with Crippen LogP contribution in [0.25, 0.3) is 0 Å². The second kappa shape index (κ2) is 4.71. The maximum Gasteiger partial charge on any atom is 0.291 e. The van der Waals surface area contributed by atoms with E-state index in [1.54, 1.807) is 0 Å². The van der Waals surface area contributed by atoms with E-state index in [-0.39, 0.29) is 0 Å². The third kappa shape index (κ3) is 2.08. The van der Waals surface area contributed by atoms with Crippen LogP contribution >= 0.6 is 0 Å². The summed E-state index contributed by atoms with van der Waals surface area (Å²) in [5, 5.41) is 7.84. The molecule has 2 aromatic rings. The summed E-state index contributed by atoms with van der Waals surface area (Å²) < 4.78 is 0. The summed E-state index contributed by atoms with van der Waals surface area (Å²) in [7, 11) is 0. The lowest BCUT2D eigenvalue weighted by molar-refractivity contribution is 0.219. The van der Waals surface area contributed by atoms with E-state index in [1.807, 2.05) is 60.7 Å². The van der Waals surface area contributed by atoms with Gasteiger partial charge in [0.1, 0.15) is 0 Å². The Bertz CT molecular complexity index is 536. The summed E-state index contributed by atoms with van der Waals surface area (Å²) in [5.74, 6) is 0.713. The van der Waals surface area contributed by atoms with E-state index in [9.17, 15) is 0 Å². The van der Waals surface area contributed by atoms with E-state index in [1.165, 1.54) is 0 Å². The minimum atomic E-state index is 0.357. The normalized spacial score (nSPS) is 14.0. The highest BCUT2D eigenvalue weighted by Crippen LogP contribution is 2.11. The van der Waals surface area contributed by atoms with Gasteiger partial charge in [-0.2, -0.15) is 0 Å². The summed E-state index contributed by atoms with van der Waals surface area (Å²) in [6.07, 6.45) is 0. The van der Waals surface area contributed by atoms with Crippen LogP contribution in [0.4, 0.5) is 0 Å². The zero-order valence-corrected chi connectivity index (χ0v) is 9.48. The van der Waals surface area contributed by atoms with Gasteiger partial charge in [0, 0.05) is 11.1 Å². The minimum Gasteiger partial charge on any atom is -0.329 e. The summed E-state index contributed by atoms with van der Waals surface area (Å²) in [6, 6.07) is 19.0. The molecule has 1 aliphatic rings. The van der Waals surface area contributed by atoms with Crippen LogP contribution < -0.4 is 0 Å². The van der Waals surface area contributed by atoms with Gasteiger partial charge in [0.25, 0.3) is 11.8 Å². The predicted molar refractivity (Wildman–Crippen MR) is 68.1 cm³/mol. The highest BCUT2D eigenvalue weighted by molar-refractivity contribution is 5.99. The smallest absolute Gasteiger partial charge is 0.291 e. The molecular formula is C14H10N2O2. The lowest BCUT2D eigenvalue weighted by atomic mass is 10.2.